The van der Waals surface area contributed by atoms with Crippen LogP contribution in [0.15, 0.2) is 36.4 Å². The number of benzene rings is 1. The number of ether oxygens (including phenoxy) is 1. The molecule has 1 aromatic rings. The Kier molecular flexibility index (Phi) is 3.60. The van der Waals surface area contributed by atoms with Crippen molar-refractivity contribution in [2.24, 2.45) is 0 Å². The van der Waals surface area contributed by atoms with Gasteiger partial charge in [0.25, 0.3) is 0 Å². The van der Waals surface area contributed by atoms with E-state index >= 15 is 0 Å². The zero-order chi connectivity index (χ0) is 11.4. The lowest BCUT2D eigenvalue weighted by atomic mass is 10.2. The molecule has 0 radical (unpaired) electrons. The molecular formula is C11H12O4. The molecule has 80 valence electrons. The van der Waals surface area contributed by atoms with E-state index in [9.17, 15) is 4.79 Å². The van der Waals surface area contributed by atoms with Crippen LogP contribution in [0.1, 0.15) is 18.8 Å². The number of esters is 1. The zero-order valence-corrected chi connectivity index (χ0v) is 8.30. The summed E-state index contributed by atoms with van der Waals surface area (Å²) < 4.78 is 4.91. The zero-order valence-electron chi connectivity index (χ0n) is 8.30. The van der Waals surface area contributed by atoms with Crippen LogP contribution in [-0.2, 0) is 4.79 Å². The standard InChI is InChI=1S/C11H12O4/c1-7(2)11(14)15-9-5-3-8(4-6-9)10(12)13/h3-6,10,12-13H,1H2,2H3. The maximum Gasteiger partial charge on any atom is 0.338 e. The van der Waals surface area contributed by atoms with Crippen molar-refractivity contribution >= 4 is 5.97 Å². The van der Waals surface area contributed by atoms with Gasteiger partial charge in [-0.15, -0.1) is 0 Å². The number of carbonyl (C=O) groups is 1. The Morgan fingerprint density at radius 3 is 2.27 bits per heavy atom. The van der Waals surface area contributed by atoms with Gasteiger partial charge in [-0.25, -0.2) is 4.79 Å². The summed E-state index contributed by atoms with van der Waals surface area (Å²) >= 11 is 0. The van der Waals surface area contributed by atoms with Crippen molar-refractivity contribution in [3.8, 4) is 5.75 Å². The van der Waals surface area contributed by atoms with Crippen LogP contribution >= 0.6 is 0 Å². The van der Waals surface area contributed by atoms with Crippen LogP contribution in [0.3, 0.4) is 0 Å². The smallest absolute Gasteiger partial charge is 0.338 e. The SMILES string of the molecule is C=C(C)C(=O)Oc1ccc(C(O)O)cc1. The van der Waals surface area contributed by atoms with Crippen molar-refractivity contribution in [1.82, 2.24) is 0 Å². The minimum absolute atomic E-state index is 0.307. The molecule has 0 bridgehead atoms. The van der Waals surface area contributed by atoms with Gasteiger partial charge in [0.1, 0.15) is 5.75 Å². The van der Waals surface area contributed by atoms with E-state index in [1.807, 2.05) is 0 Å². The second kappa shape index (κ2) is 4.72. The molecule has 0 saturated heterocycles. The third-order valence-corrected chi connectivity index (χ3v) is 1.74. The molecule has 2 N–H and O–H groups in total. The summed E-state index contributed by atoms with van der Waals surface area (Å²) in [6.45, 7) is 4.99. The molecule has 0 fully saturated rings. The number of hydrogen-bond acceptors (Lipinski definition) is 4. The lowest BCUT2D eigenvalue weighted by Crippen LogP contribution is -2.08. The number of rotatable bonds is 3. The van der Waals surface area contributed by atoms with Gasteiger partial charge in [0, 0.05) is 11.1 Å². The summed E-state index contributed by atoms with van der Waals surface area (Å²) in [6, 6.07) is 5.89. The van der Waals surface area contributed by atoms with Crippen molar-refractivity contribution in [3.05, 3.63) is 42.0 Å². The Morgan fingerprint density at radius 1 is 1.33 bits per heavy atom. The van der Waals surface area contributed by atoms with E-state index < -0.39 is 12.3 Å². The van der Waals surface area contributed by atoms with Gasteiger partial charge in [0.05, 0.1) is 0 Å². The minimum atomic E-state index is -1.52. The van der Waals surface area contributed by atoms with Crippen LogP contribution in [-0.4, -0.2) is 16.2 Å². The normalized spacial score (nSPS) is 10.1. The summed E-state index contributed by atoms with van der Waals surface area (Å²) in [4.78, 5) is 11.1. The first-order valence-electron chi connectivity index (χ1n) is 4.34. The molecule has 0 unspecified atom stereocenters. The molecule has 0 spiro atoms. The van der Waals surface area contributed by atoms with E-state index in [-0.39, 0.29) is 0 Å². The Balaban J connectivity index is 2.73. The van der Waals surface area contributed by atoms with Gasteiger partial charge in [-0.3, -0.25) is 0 Å². The lowest BCUT2D eigenvalue weighted by Gasteiger charge is -2.06. The molecule has 1 aromatic carbocycles. The van der Waals surface area contributed by atoms with Gasteiger partial charge in [0.15, 0.2) is 6.29 Å². The van der Waals surface area contributed by atoms with Gasteiger partial charge >= 0.3 is 5.97 Å². The van der Waals surface area contributed by atoms with Crippen LogP contribution in [0.5, 0.6) is 5.75 Å². The minimum Gasteiger partial charge on any atom is -0.423 e. The first-order chi connectivity index (χ1) is 7.00. The fourth-order valence-corrected chi connectivity index (χ4v) is 0.902. The first kappa shape index (κ1) is 11.4. The molecule has 4 heteroatoms. The van der Waals surface area contributed by atoms with Gasteiger partial charge in [-0.1, -0.05) is 18.7 Å². The second-order valence-electron chi connectivity index (χ2n) is 3.11. The molecule has 0 aliphatic rings. The topological polar surface area (TPSA) is 66.8 Å². The van der Waals surface area contributed by atoms with Gasteiger partial charge in [-0.05, 0) is 19.1 Å². The van der Waals surface area contributed by atoms with E-state index in [2.05, 4.69) is 6.58 Å². The van der Waals surface area contributed by atoms with E-state index in [1.165, 1.54) is 24.3 Å². The quantitative estimate of drug-likeness (QED) is 0.338. The molecule has 15 heavy (non-hydrogen) atoms. The second-order valence-corrected chi connectivity index (χ2v) is 3.11. The Bertz CT molecular complexity index is 365. The molecule has 0 aliphatic heterocycles. The fraction of sp³-hybridized carbons (Fsp3) is 0.182. The van der Waals surface area contributed by atoms with E-state index in [0.29, 0.717) is 16.9 Å². The number of carbonyl (C=O) groups excluding carboxylic acids is 1. The molecule has 1 rings (SSSR count). The van der Waals surface area contributed by atoms with Crippen LogP contribution in [0.4, 0.5) is 0 Å². The molecule has 0 atom stereocenters. The molecule has 4 nitrogen and oxygen atoms in total. The highest BCUT2D eigenvalue weighted by molar-refractivity contribution is 5.88. The van der Waals surface area contributed by atoms with Crippen LogP contribution < -0.4 is 4.74 Å². The highest BCUT2D eigenvalue weighted by Crippen LogP contribution is 2.16. The van der Waals surface area contributed by atoms with Crippen LogP contribution in [0.2, 0.25) is 0 Å². The summed E-state index contributed by atoms with van der Waals surface area (Å²) in [5.74, 6) is -0.167. The molecular weight excluding hydrogens is 196 g/mol. The Hall–Kier alpha value is -1.65. The number of hydrogen-bond donors (Lipinski definition) is 2. The van der Waals surface area contributed by atoms with Gasteiger partial charge < -0.3 is 14.9 Å². The predicted molar refractivity (Wildman–Crippen MR) is 54.1 cm³/mol. The predicted octanol–water partition coefficient (Wildman–Crippen LogP) is 1.15. The average molecular weight is 208 g/mol. The van der Waals surface area contributed by atoms with Gasteiger partial charge in [-0.2, -0.15) is 0 Å². The molecule has 0 aromatic heterocycles. The van der Waals surface area contributed by atoms with Crippen LogP contribution in [0.25, 0.3) is 0 Å². The Morgan fingerprint density at radius 2 is 1.87 bits per heavy atom. The molecule has 0 heterocycles. The van der Waals surface area contributed by atoms with Crippen molar-refractivity contribution in [2.75, 3.05) is 0 Å². The summed E-state index contributed by atoms with van der Waals surface area (Å²) in [5.41, 5.74) is 0.645. The van der Waals surface area contributed by atoms with Gasteiger partial charge in [0.2, 0.25) is 0 Å². The largest absolute Gasteiger partial charge is 0.423 e. The van der Waals surface area contributed by atoms with E-state index in [0.717, 1.165) is 0 Å². The summed E-state index contributed by atoms with van der Waals surface area (Å²) in [5, 5.41) is 17.6. The number of aliphatic hydroxyl groups is 2. The van der Waals surface area contributed by atoms with Crippen LogP contribution in [0, 0.1) is 0 Å². The average Bonchev–Trinajstić information content (AvgIpc) is 2.18. The monoisotopic (exact) mass is 208 g/mol. The van der Waals surface area contributed by atoms with Crippen molar-refractivity contribution in [1.29, 1.82) is 0 Å². The van der Waals surface area contributed by atoms with Crippen molar-refractivity contribution in [2.45, 2.75) is 13.2 Å². The highest BCUT2D eigenvalue weighted by atomic mass is 16.5. The first-order valence-corrected chi connectivity index (χ1v) is 4.34. The maximum atomic E-state index is 11.1. The lowest BCUT2D eigenvalue weighted by molar-refractivity contribution is -0.130. The van der Waals surface area contributed by atoms with Crippen molar-refractivity contribution < 1.29 is 19.7 Å². The summed E-state index contributed by atoms with van der Waals surface area (Å²) in [7, 11) is 0. The molecule has 0 amide bonds. The Labute approximate surface area is 87.4 Å². The molecule has 0 saturated carbocycles. The van der Waals surface area contributed by atoms with E-state index in [4.69, 9.17) is 14.9 Å². The van der Waals surface area contributed by atoms with E-state index in [1.54, 1.807) is 6.92 Å². The fourth-order valence-electron chi connectivity index (χ4n) is 0.902. The summed E-state index contributed by atoms with van der Waals surface area (Å²) in [6.07, 6.45) is -1.52. The third-order valence-electron chi connectivity index (χ3n) is 1.74. The third kappa shape index (κ3) is 3.19. The number of aliphatic hydroxyl groups excluding tert-OH is 1. The molecule has 0 aliphatic carbocycles. The maximum absolute atomic E-state index is 11.1. The highest BCUT2D eigenvalue weighted by Gasteiger charge is 2.06. The van der Waals surface area contributed by atoms with Crippen molar-refractivity contribution in [3.63, 3.8) is 0 Å².